The molecule has 0 aliphatic carbocycles. The Kier molecular flexibility index (Phi) is 8.57. The SMILES string of the molecule is CCNC(=NCCC(=O)N1CCN(c2ncccn2)CC1)NCCc1cccc(F)c1. The summed E-state index contributed by atoms with van der Waals surface area (Å²) in [6.07, 6.45) is 4.51. The van der Waals surface area contributed by atoms with Crippen molar-refractivity contribution in [2.24, 2.45) is 4.99 Å². The molecular formula is C22H30FN7O. The van der Waals surface area contributed by atoms with Crippen molar-refractivity contribution in [3.63, 3.8) is 0 Å². The number of carbonyl (C=O) groups is 1. The number of halogens is 1. The predicted octanol–water partition coefficient (Wildman–Crippen LogP) is 1.45. The summed E-state index contributed by atoms with van der Waals surface area (Å²) in [6, 6.07) is 8.38. The molecule has 3 rings (SSSR count). The van der Waals surface area contributed by atoms with Gasteiger partial charge in [-0.05, 0) is 37.1 Å². The summed E-state index contributed by atoms with van der Waals surface area (Å²) in [7, 11) is 0. The lowest BCUT2D eigenvalue weighted by Gasteiger charge is -2.34. The van der Waals surface area contributed by atoms with Gasteiger partial charge in [-0.1, -0.05) is 12.1 Å². The van der Waals surface area contributed by atoms with Crippen LogP contribution in [0.4, 0.5) is 10.3 Å². The van der Waals surface area contributed by atoms with Crippen LogP contribution in [0, 0.1) is 5.82 Å². The number of hydrogen-bond acceptors (Lipinski definition) is 5. The Morgan fingerprint density at radius 1 is 1.13 bits per heavy atom. The monoisotopic (exact) mass is 427 g/mol. The van der Waals surface area contributed by atoms with Crippen molar-refractivity contribution in [1.82, 2.24) is 25.5 Å². The fourth-order valence-electron chi connectivity index (χ4n) is 3.39. The molecule has 0 spiro atoms. The first kappa shape index (κ1) is 22.5. The summed E-state index contributed by atoms with van der Waals surface area (Å²) in [5.74, 6) is 1.25. The normalized spacial score (nSPS) is 14.5. The molecule has 1 saturated heterocycles. The zero-order chi connectivity index (χ0) is 21.9. The molecule has 1 aliphatic heterocycles. The van der Waals surface area contributed by atoms with Crippen LogP contribution in [0.1, 0.15) is 18.9 Å². The fraction of sp³-hybridized carbons (Fsp3) is 0.455. The molecule has 1 aromatic carbocycles. The van der Waals surface area contributed by atoms with Crippen LogP contribution in [0.5, 0.6) is 0 Å². The van der Waals surface area contributed by atoms with Crippen LogP contribution in [-0.2, 0) is 11.2 Å². The van der Waals surface area contributed by atoms with E-state index in [1.165, 1.54) is 12.1 Å². The summed E-state index contributed by atoms with van der Waals surface area (Å²) >= 11 is 0. The lowest BCUT2D eigenvalue weighted by atomic mass is 10.1. The van der Waals surface area contributed by atoms with E-state index in [4.69, 9.17) is 0 Å². The van der Waals surface area contributed by atoms with Gasteiger partial charge in [-0.3, -0.25) is 9.79 Å². The van der Waals surface area contributed by atoms with E-state index in [-0.39, 0.29) is 11.7 Å². The zero-order valence-electron chi connectivity index (χ0n) is 17.9. The van der Waals surface area contributed by atoms with E-state index in [2.05, 4.69) is 30.5 Å². The van der Waals surface area contributed by atoms with Crippen molar-refractivity contribution in [3.8, 4) is 0 Å². The van der Waals surface area contributed by atoms with Crippen molar-refractivity contribution in [3.05, 3.63) is 54.1 Å². The van der Waals surface area contributed by atoms with Gasteiger partial charge in [0.1, 0.15) is 5.82 Å². The minimum absolute atomic E-state index is 0.105. The first-order chi connectivity index (χ1) is 15.2. The van der Waals surface area contributed by atoms with Crippen LogP contribution in [0.25, 0.3) is 0 Å². The lowest BCUT2D eigenvalue weighted by Crippen LogP contribution is -2.49. The van der Waals surface area contributed by atoms with Crippen LogP contribution in [0.2, 0.25) is 0 Å². The lowest BCUT2D eigenvalue weighted by molar-refractivity contribution is -0.131. The molecule has 0 unspecified atom stereocenters. The number of nitrogens with one attached hydrogen (secondary N) is 2. The smallest absolute Gasteiger partial charge is 0.225 e. The molecule has 0 saturated carbocycles. The number of aliphatic imine (C=N–C) groups is 1. The Bertz CT molecular complexity index is 854. The number of nitrogens with zero attached hydrogens (tertiary/aromatic N) is 5. The maximum absolute atomic E-state index is 13.3. The summed E-state index contributed by atoms with van der Waals surface area (Å²) in [6.45, 7) is 6.53. The van der Waals surface area contributed by atoms with Crippen LogP contribution >= 0.6 is 0 Å². The first-order valence-electron chi connectivity index (χ1n) is 10.7. The molecule has 1 aliphatic rings. The summed E-state index contributed by atoms with van der Waals surface area (Å²) in [5, 5.41) is 6.41. The van der Waals surface area contributed by atoms with Crippen molar-refractivity contribution < 1.29 is 9.18 Å². The topological polar surface area (TPSA) is 85.8 Å². The predicted molar refractivity (Wildman–Crippen MR) is 120 cm³/mol. The number of aromatic nitrogens is 2. The van der Waals surface area contributed by atoms with Gasteiger partial charge in [0.25, 0.3) is 0 Å². The second kappa shape index (κ2) is 11.8. The van der Waals surface area contributed by atoms with Gasteiger partial charge in [0.05, 0.1) is 6.54 Å². The molecule has 1 fully saturated rings. The van der Waals surface area contributed by atoms with E-state index in [1.54, 1.807) is 24.5 Å². The number of amides is 1. The van der Waals surface area contributed by atoms with Crippen LogP contribution in [-0.4, -0.2) is 72.5 Å². The third kappa shape index (κ3) is 7.20. The highest BCUT2D eigenvalue weighted by Crippen LogP contribution is 2.10. The van der Waals surface area contributed by atoms with Gasteiger partial charge in [0.2, 0.25) is 11.9 Å². The third-order valence-corrected chi connectivity index (χ3v) is 5.00. The minimum Gasteiger partial charge on any atom is -0.357 e. The molecule has 8 nitrogen and oxygen atoms in total. The van der Waals surface area contributed by atoms with Crippen LogP contribution < -0.4 is 15.5 Å². The van der Waals surface area contributed by atoms with E-state index < -0.39 is 0 Å². The Balaban J connectivity index is 1.40. The van der Waals surface area contributed by atoms with E-state index in [9.17, 15) is 9.18 Å². The molecule has 1 aromatic heterocycles. The molecule has 0 atom stereocenters. The van der Waals surface area contributed by atoms with Gasteiger partial charge >= 0.3 is 0 Å². The maximum Gasteiger partial charge on any atom is 0.225 e. The number of carbonyl (C=O) groups excluding carboxylic acids is 1. The third-order valence-electron chi connectivity index (χ3n) is 5.00. The summed E-state index contributed by atoms with van der Waals surface area (Å²) in [4.78, 5) is 29.5. The molecule has 0 bridgehead atoms. The Hall–Kier alpha value is -3.23. The first-order valence-corrected chi connectivity index (χ1v) is 10.7. The molecule has 2 aromatic rings. The number of benzene rings is 1. The van der Waals surface area contributed by atoms with Gasteiger partial charge in [-0.15, -0.1) is 0 Å². The second-order valence-electron chi connectivity index (χ2n) is 7.23. The average Bonchev–Trinajstić information content (AvgIpc) is 2.80. The molecule has 31 heavy (non-hydrogen) atoms. The van der Waals surface area contributed by atoms with E-state index in [0.29, 0.717) is 50.9 Å². The molecule has 166 valence electrons. The molecule has 0 radical (unpaired) electrons. The van der Waals surface area contributed by atoms with Gasteiger partial charge in [-0.25, -0.2) is 14.4 Å². The van der Waals surface area contributed by atoms with Crippen LogP contribution in [0.15, 0.2) is 47.7 Å². The maximum atomic E-state index is 13.3. The summed E-state index contributed by atoms with van der Waals surface area (Å²) in [5.41, 5.74) is 0.929. The largest absolute Gasteiger partial charge is 0.357 e. The average molecular weight is 428 g/mol. The van der Waals surface area contributed by atoms with Crippen LogP contribution in [0.3, 0.4) is 0 Å². The summed E-state index contributed by atoms with van der Waals surface area (Å²) < 4.78 is 13.3. The van der Waals surface area contributed by atoms with Gasteiger partial charge < -0.3 is 20.4 Å². The quantitative estimate of drug-likeness (QED) is 0.490. The number of guanidine groups is 1. The standard InChI is InChI=1S/C22H30FN7O/c1-2-24-21(25-11-7-18-5-3-6-19(23)17-18)26-12-8-20(31)29-13-15-30(16-14-29)22-27-9-4-10-28-22/h3-6,9-10,17H,2,7-8,11-16H2,1H3,(H2,24,25,26). The van der Waals surface area contributed by atoms with E-state index >= 15 is 0 Å². The highest BCUT2D eigenvalue weighted by Gasteiger charge is 2.22. The highest BCUT2D eigenvalue weighted by molar-refractivity contribution is 5.81. The van der Waals surface area contributed by atoms with Crippen molar-refractivity contribution in [1.29, 1.82) is 0 Å². The Morgan fingerprint density at radius 3 is 2.61 bits per heavy atom. The van der Waals surface area contributed by atoms with E-state index in [0.717, 1.165) is 25.2 Å². The number of rotatable bonds is 8. The van der Waals surface area contributed by atoms with E-state index in [1.807, 2.05) is 17.9 Å². The second-order valence-corrected chi connectivity index (χ2v) is 7.23. The number of piperazine rings is 1. The number of hydrogen-bond donors (Lipinski definition) is 2. The molecule has 9 heteroatoms. The molecule has 2 heterocycles. The van der Waals surface area contributed by atoms with Crippen molar-refractivity contribution >= 4 is 17.8 Å². The van der Waals surface area contributed by atoms with Crippen molar-refractivity contribution in [2.45, 2.75) is 19.8 Å². The van der Waals surface area contributed by atoms with Gasteiger partial charge in [0.15, 0.2) is 5.96 Å². The Morgan fingerprint density at radius 2 is 1.90 bits per heavy atom. The van der Waals surface area contributed by atoms with Crippen molar-refractivity contribution in [2.75, 3.05) is 50.7 Å². The zero-order valence-corrected chi connectivity index (χ0v) is 17.9. The fourth-order valence-corrected chi connectivity index (χ4v) is 3.39. The molecular weight excluding hydrogens is 397 g/mol. The van der Waals surface area contributed by atoms with Gasteiger partial charge in [-0.2, -0.15) is 0 Å². The van der Waals surface area contributed by atoms with Gasteiger partial charge in [0, 0.05) is 58.1 Å². The highest BCUT2D eigenvalue weighted by atomic mass is 19.1. The minimum atomic E-state index is -0.228. The Labute approximate surface area is 182 Å². The molecule has 1 amide bonds. The number of anilines is 1. The molecule has 2 N–H and O–H groups in total.